The maximum Gasteiger partial charge on any atom is 0.469 e. The van der Waals surface area contributed by atoms with Crippen molar-refractivity contribution in [2.75, 3.05) is 13.2 Å². The molecule has 316 valence electrons. The minimum atomic E-state index is -4.78. The molecule has 0 bridgehead atoms. The van der Waals surface area contributed by atoms with Crippen molar-refractivity contribution >= 4 is 25.5 Å². The Kier molecular flexibility index (Phi) is 37.8. The Hall–Kier alpha value is -2.58. The van der Waals surface area contributed by atoms with Crippen LogP contribution in [0, 0.1) is 0 Å². The van der Waals surface area contributed by atoms with Crippen LogP contribution in [-0.4, -0.2) is 46.8 Å². The van der Waals surface area contributed by atoms with Crippen molar-refractivity contribution in [1.29, 1.82) is 0 Å². The molecule has 55 heavy (non-hydrogen) atoms. The fourth-order valence-electron chi connectivity index (χ4n) is 5.73. The molecule has 0 saturated heterocycles. The van der Waals surface area contributed by atoms with Crippen LogP contribution in [-0.2, 0) is 32.9 Å². The summed E-state index contributed by atoms with van der Waals surface area (Å²) in [4.78, 5) is 54.5. The SMILES string of the molecule is CCCCCCCC/C=C\CCCCCCCCCCCC(=O)O[C@H](COC(=O)CCC/C=C\C/C=C\C/C=C\C=C\C(=O)CCCCC)COP(=O)(O)O. The third-order valence-corrected chi connectivity index (χ3v) is 9.47. The largest absolute Gasteiger partial charge is 0.469 e. The summed E-state index contributed by atoms with van der Waals surface area (Å²) in [6.07, 6.45) is 46.4. The second kappa shape index (κ2) is 39.6. The lowest BCUT2D eigenvalue weighted by molar-refractivity contribution is -0.161. The summed E-state index contributed by atoms with van der Waals surface area (Å²) in [6.45, 7) is 3.47. The van der Waals surface area contributed by atoms with E-state index in [-0.39, 0.29) is 25.2 Å². The summed E-state index contributed by atoms with van der Waals surface area (Å²) in [5, 5.41) is 0. The van der Waals surface area contributed by atoms with Crippen LogP contribution < -0.4 is 0 Å². The van der Waals surface area contributed by atoms with Gasteiger partial charge in [-0.15, -0.1) is 0 Å². The van der Waals surface area contributed by atoms with Crippen molar-refractivity contribution in [3.8, 4) is 0 Å². The van der Waals surface area contributed by atoms with E-state index in [1.54, 1.807) is 12.2 Å². The van der Waals surface area contributed by atoms with E-state index in [9.17, 15) is 18.9 Å². The number of carbonyl (C=O) groups excluding carboxylic acids is 3. The van der Waals surface area contributed by atoms with Crippen LogP contribution in [0.25, 0.3) is 0 Å². The number of phosphoric ester groups is 1. The highest BCUT2D eigenvalue weighted by Crippen LogP contribution is 2.36. The molecule has 0 radical (unpaired) electrons. The molecule has 0 heterocycles. The predicted octanol–water partition coefficient (Wildman–Crippen LogP) is 12.5. The highest BCUT2D eigenvalue weighted by molar-refractivity contribution is 7.46. The number of hydrogen-bond donors (Lipinski definition) is 2. The van der Waals surface area contributed by atoms with E-state index in [0.29, 0.717) is 25.7 Å². The van der Waals surface area contributed by atoms with Crippen LogP contribution in [0.4, 0.5) is 0 Å². The summed E-state index contributed by atoms with van der Waals surface area (Å²) in [7, 11) is -4.78. The Morgan fingerprint density at radius 3 is 1.62 bits per heavy atom. The van der Waals surface area contributed by atoms with Crippen molar-refractivity contribution in [2.45, 2.75) is 193 Å². The van der Waals surface area contributed by atoms with E-state index in [4.69, 9.17) is 19.3 Å². The standard InChI is InChI=1S/C45H77O9P/c1-3-5-7-8-9-10-11-12-13-14-15-16-17-18-21-25-28-31-35-39-45(48)54-43(41-53-55(49,50)51)40-52-44(47)38-34-30-27-24-22-19-20-23-26-29-33-37-42(46)36-32-6-4-2/h12-13,19-20,24,26-27,29,33,37,43H,3-11,14-18,21-23,25,28,30-32,34-36,38-41H2,1-2H3,(H2,49,50,51)/b13-12-,20-19-,27-24-,29-26-,37-33+/t43-/m1/s1. The van der Waals surface area contributed by atoms with Gasteiger partial charge in [-0.2, -0.15) is 0 Å². The van der Waals surface area contributed by atoms with Gasteiger partial charge >= 0.3 is 19.8 Å². The number of ether oxygens (including phenoxy) is 2. The predicted molar refractivity (Wildman–Crippen MR) is 226 cm³/mol. The van der Waals surface area contributed by atoms with E-state index in [0.717, 1.165) is 51.4 Å². The van der Waals surface area contributed by atoms with Crippen LogP contribution >= 0.6 is 7.82 Å². The fraction of sp³-hybridized carbons (Fsp3) is 0.711. The Bertz CT molecular complexity index is 1140. The molecule has 0 aliphatic heterocycles. The molecule has 0 spiro atoms. The molecule has 0 rings (SSSR count). The maximum atomic E-state index is 12.4. The van der Waals surface area contributed by atoms with Gasteiger partial charge in [0.2, 0.25) is 0 Å². The first-order valence-electron chi connectivity index (χ1n) is 21.5. The summed E-state index contributed by atoms with van der Waals surface area (Å²) in [5.74, 6) is -0.822. The normalized spacial score (nSPS) is 12.9. The van der Waals surface area contributed by atoms with Crippen molar-refractivity contribution in [3.63, 3.8) is 0 Å². The van der Waals surface area contributed by atoms with Crippen molar-refractivity contribution in [2.24, 2.45) is 0 Å². The Morgan fingerprint density at radius 2 is 1.00 bits per heavy atom. The van der Waals surface area contributed by atoms with Crippen LogP contribution in [0.1, 0.15) is 187 Å². The zero-order valence-electron chi connectivity index (χ0n) is 34.6. The van der Waals surface area contributed by atoms with Gasteiger partial charge in [0, 0.05) is 19.3 Å². The lowest BCUT2D eigenvalue weighted by Crippen LogP contribution is -2.29. The van der Waals surface area contributed by atoms with Crippen molar-refractivity contribution in [1.82, 2.24) is 0 Å². The molecule has 2 N–H and O–H groups in total. The van der Waals surface area contributed by atoms with E-state index >= 15 is 0 Å². The minimum absolute atomic E-state index is 0.163. The highest BCUT2D eigenvalue weighted by Gasteiger charge is 2.22. The van der Waals surface area contributed by atoms with Gasteiger partial charge in [0.1, 0.15) is 6.61 Å². The zero-order chi connectivity index (χ0) is 40.5. The van der Waals surface area contributed by atoms with Crippen molar-refractivity contribution in [3.05, 3.63) is 60.8 Å². The van der Waals surface area contributed by atoms with E-state index in [2.05, 4.69) is 42.7 Å². The molecule has 0 unspecified atom stereocenters. The molecule has 0 aromatic carbocycles. The average molecular weight is 793 g/mol. The Morgan fingerprint density at radius 1 is 0.527 bits per heavy atom. The molecular weight excluding hydrogens is 715 g/mol. The first kappa shape index (κ1) is 52.4. The number of carbonyl (C=O) groups is 3. The first-order chi connectivity index (χ1) is 26.7. The van der Waals surface area contributed by atoms with Gasteiger partial charge in [0.15, 0.2) is 11.9 Å². The topological polar surface area (TPSA) is 136 Å². The van der Waals surface area contributed by atoms with Gasteiger partial charge in [-0.05, 0) is 70.3 Å². The molecule has 0 fully saturated rings. The van der Waals surface area contributed by atoms with Crippen LogP contribution in [0.2, 0.25) is 0 Å². The third kappa shape index (κ3) is 42.4. The van der Waals surface area contributed by atoms with Gasteiger partial charge in [-0.3, -0.25) is 18.9 Å². The second-order valence-corrected chi connectivity index (χ2v) is 15.6. The molecule has 0 aliphatic carbocycles. The Labute approximate surface area is 334 Å². The molecule has 10 heteroatoms. The lowest BCUT2D eigenvalue weighted by atomic mass is 10.1. The number of unbranched alkanes of at least 4 members (excludes halogenated alkanes) is 18. The monoisotopic (exact) mass is 793 g/mol. The molecule has 0 aromatic heterocycles. The molecule has 0 aliphatic rings. The summed E-state index contributed by atoms with van der Waals surface area (Å²) < 4.78 is 26.3. The van der Waals surface area contributed by atoms with Gasteiger partial charge in [-0.1, -0.05) is 158 Å². The summed E-state index contributed by atoms with van der Waals surface area (Å²) in [6, 6.07) is 0. The number of rotatable bonds is 39. The van der Waals surface area contributed by atoms with Crippen molar-refractivity contribution < 1.29 is 42.7 Å². The summed E-state index contributed by atoms with van der Waals surface area (Å²) in [5.41, 5.74) is 0. The average Bonchev–Trinajstić information content (AvgIpc) is 3.15. The molecule has 0 aromatic rings. The van der Waals surface area contributed by atoms with E-state index < -0.39 is 32.5 Å². The highest BCUT2D eigenvalue weighted by atomic mass is 31.2. The van der Waals surface area contributed by atoms with E-state index in [1.165, 1.54) is 83.5 Å². The minimum Gasteiger partial charge on any atom is -0.462 e. The van der Waals surface area contributed by atoms with Gasteiger partial charge in [-0.25, -0.2) is 4.57 Å². The molecule has 9 nitrogen and oxygen atoms in total. The number of phosphoric acid groups is 1. The molecule has 0 amide bonds. The first-order valence-corrected chi connectivity index (χ1v) is 23.1. The molecule has 0 saturated carbocycles. The number of allylic oxidation sites excluding steroid dienone is 10. The van der Waals surface area contributed by atoms with Crippen LogP contribution in [0.5, 0.6) is 0 Å². The number of esters is 2. The maximum absolute atomic E-state index is 12.4. The summed E-state index contributed by atoms with van der Waals surface area (Å²) >= 11 is 0. The number of hydrogen-bond acceptors (Lipinski definition) is 7. The quantitative estimate of drug-likeness (QED) is 0.0156. The fourth-order valence-corrected chi connectivity index (χ4v) is 6.09. The number of ketones is 1. The third-order valence-electron chi connectivity index (χ3n) is 8.99. The van der Waals surface area contributed by atoms with E-state index in [1.807, 2.05) is 24.3 Å². The van der Waals surface area contributed by atoms with Gasteiger partial charge in [0.25, 0.3) is 0 Å². The van der Waals surface area contributed by atoms with Gasteiger partial charge in [0.05, 0.1) is 6.61 Å². The van der Waals surface area contributed by atoms with Crippen LogP contribution in [0.15, 0.2) is 60.8 Å². The van der Waals surface area contributed by atoms with Crippen LogP contribution in [0.3, 0.4) is 0 Å². The molecule has 1 atom stereocenters. The second-order valence-electron chi connectivity index (χ2n) is 14.3. The Balaban J connectivity index is 4.04. The lowest BCUT2D eigenvalue weighted by Gasteiger charge is -2.18. The smallest absolute Gasteiger partial charge is 0.462 e. The molecular formula is C45H77O9P. The zero-order valence-corrected chi connectivity index (χ0v) is 35.5. The van der Waals surface area contributed by atoms with Gasteiger partial charge < -0.3 is 19.3 Å².